The highest BCUT2D eigenvalue weighted by molar-refractivity contribution is 5.74. The minimum Gasteiger partial charge on any atom is -0.467 e. The summed E-state index contributed by atoms with van der Waals surface area (Å²) in [4.78, 5) is 11.7. The van der Waals surface area contributed by atoms with Gasteiger partial charge in [0, 0.05) is 6.04 Å². The van der Waals surface area contributed by atoms with Gasteiger partial charge in [-0.15, -0.1) is 0 Å². The molecular weight excluding hydrogens is 216 g/mol. The number of rotatable bonds is 4. The van der Waals surface area contributed by atoms with Gasteiger partial charge < -0.3 is 15.1 Å². The second-order valence-electron chi connectivity index (χ2n) is 4.83. The average molecular weight is 236 g/mol. The zero-order valence-corrected chi connectivity index (χ0v) is 10.4. The third kappa shape index (κ3) is 3.02. The fourth-order valence-electron chi connectivity index (χ4n) is 2.11. The van der Waals surface area contributed by atoms with Crippen LogP contribution >= 0.6 is 0 Å². The lowest BCUT2D eigenvalue weighted by Crippen LogP contribution is -2.46. The monoisotopic (exact) mass is 236 g/mol. The van der Waals surface area contributed by atoms with Crippen LogP contribution < -0.4 is 10.6 Å². The molecule has 94 valence electrons. The lowest BCUT2D eigenvalue weighted by Gasteiger charge is -2.32. The molecule has 0 saturated heterocycles. The van der Waals surface area contributed by atoms with Crippen molar-refractivity contribution in [3.05, 3.63) is 24.2 Å². The molecule has 2 atom stereocenters. The van der Waals surface area contributed by atoms with Crippen molar-refractivity contribution in [1.29, 1.82) is 0 Å². The van der Waals surface area contributed by atoms with E-state index in [2.05, 4.69) is 17.6 Å². The Balaban J connectivity index is 1.76. The van der Waals surface area contributed by atoms with Crippen LogP contribution in [0.25, 0.3) is 0 Å². The Hall–Kier alpha value is -1.45. The average Bonchev–Trinajstić information content (AvgIpc) is 2.66. The van der Waals surface area contributed by atoms with Crippen LogP contribution in [0.5, 0.6) is 0 Å². The molecule has 2 N–H and O–H groups in total. The van der Waals surface area contributed by atoms with Crippen LogP contribution in [-0.4, -0.2) is 12.1 Å². The van der Waals surface area contributed by atoms with E-state index in [0.717, 1.165) is 5.76 Å². The molecule has 0 aliphatic heterocycles. The number of hydrogen-bond donors (Lipinski definition) is 2. The minimum atomic E-state index is -0.117. The highest BCUT2D eigenvalue weighted by Crippen LogP contribution is 2.29. The standard InChI is InChI=1S/C13H20N2O2/c1-9(11-5-3-6-11)14-13(16)15-10(2)12-7-4-8-17-12/h4,7-11H,3,5-6H2,1-2H3,(H2,14,15,16)/t9-,10-/m0/s1. The van der Waals surface area contributed by atoms with E-state index in [4.69, 9.17) is 4.42 Å². The first kappa shape index (κ1) is 12.0. The summed E-state index contributed by atoms with van der Waals surface area (Å²) in [5.41, 5.74) is 0. The van der Waals surface area contributed by atoms with E-state index in [9.17, 15) is 4.79 Å². The van der Waals surface area contributed by atoms with Crippen LogP contribution in [-0.2, 0) is 0 Å². The molecule has 0 spiro atoms. The number of urea groups is 1. The predicted octanol–water partition coefficient (Wildman–Crippen LogP) is 2.83. The van der Waals surface area contributed by atoms with Crippen molar-refractivity contribution in [3.63, 3.8) is 0 Å². The van der Waals surface area contributed by atoms with Crippen molar-refractivity contribution in [1.82, 2.24) is 10.6 Å². The summed E-state index contributed by atoms with van der Waals surface area (Å²) >= 11 is 0. The molecule has 0 aromatic carbocycles. The summed E-state index contributed by atoms with van der Waals surface area (Å²) in [5, 5.41) is 5.86. The summed E-state index contributed by atoms with van der Waals surface area (Å²) in [7, 11) is 0. The van der Waals surface area contributed by atoms with Gasteiger partial charge in [0.25, 0.3) is 0 Å². The second kappa shape index (κ2) is 5.25. The number of carbonyl (C=O) groups excluding carboxylic acids is 1. The van der Waals surface area contributed by atoms with Gasteiger partial charge >= 0.3 is 6.03 Å². The lowest BCUT2D eigenvalue weighted by molar-refractivity contribution is 0.210. The first-order valence-corrected chi connectivity index (χ1v) is 6.27. The quantitative estimate of drug-likeness (QED) is 0.844. The van der Waals surface area contributed by atoms with E-state index in [0.29, 0.717) is 5.92 Å². The van der Waals surface area contributed by atoms with Crippen molar-refractivity contribution < 1.29 is 9.21 Å². The predicted molar refractivity (Wildman–Crippen MR) is 65.6 cm³/mol. The maximum Gasteiger partial charge on any atom is 0.315 e. The third-order valence-electron chi connectivity index (χ3n) is 3.53. The maximum atomic E-state index is 11.7. The number of nitrogens with one attached hydrogen (secondary N) is 2. The van der Waals surface area contributed by atoms with Crippen LogP contribution in [0.4, 0.5) is 4.79 Å². The van der Waals surface area contributed by atoms with Crippen molar-refractivity contribution in [3.8, 4) is 0 Å². The van der Waals surface area contributed by atoms with Gasteiger partial charge in [0.2, 0.25) is 0 Å². The molecule has 1 fully saturated rings. The SMILES string of the molecule is C[C@H](NC(=O)N[C@@H](C)C1CCC1)c1ccco1. The fourth-order valence-corrected chi connectivity index (χ4v) is 2.11. The van der Waals surface area contributed by atoms with Gasteiger partial charge in [-0.1, -0.05) is 6.42 Å². The summed E-state index contributed by atoms with van der Waals surface area (Å²) in [6, 6.07) is 3.72. The molecule has 1 heterocycles. The third-order valence-corrected chi connectivity index (χ3v) is 3.53. The summed E-state index contributed by atoms with van der Waals surface area (Å²) in [6.07, 6.45) is 5.37. The zero-order chi connectivity index (χ0) is 12.3. The molecule has 4 nitrogen and oxygen atoms in total. The van der Waals surface area contributed by atoms with Crippen LogP contribution in [0.3, 0.4) is 0 Å². The van der Waals surface area contributed by atoms with Gasteiger partial charge in [-0.3, -0.25) is 0 Å². The fraction of sp³-hybridized carbons (Fsp3) is 0.615. The van der Waals surface area contributed by atoms with Crippen molar-refractivity contribution in [2.24, 2.45) is 5.92 Å². The largest absolute Gasteiger partial charge is 0.467 e. The number of hydrogen-bond acceptors (Lipinski definition) is 2. The number of carbonyl (C=O) groups is 1. The van der Waals surface area contributed by atoms with Gasteiger partial charge in [-0.2, -0.15) is 0 Å². The Labute approximate surface area is 102 Å². The Morgan fingerprint density at radius 1 is 1.41 bits per heavy atom. The highest BCUT2D eigenvalue weighted by atomic mass is 16.3. The molecule has 1 aromatic rings. The van der Waals surface area contributed by atoms with Crippen molar-refractivity contribution in [2.75, 3.05) is 0 Å². The first-order valence-electron chi connectivity index (χ1n) is 6.27. The van der Waals surface area contributed by atoms with Crippen LogP contribution in [0.2, 0.25) is 0 Å². The molecule has 0 unspecified atom stereocenters. The Bertz CT molecular complexity index is 358. The molecule has 1 saturated carbocycles. The normalized spacial score (nSPS) is 19.2. The van der Waals surface area contributed by atoms with E-state index in [1.54, 1.807) is 6.26 Å². The van der Waals surface area contributed by atoms with E-state index in [1.807, 2.05) is 19.1 Å². The summed E-state index contributed by atoms with van der Waals surface area (Å²) in [6.45, 7) is 3.98. The topological polar surface area (TPSA) is 54.3 Å². The molecule has 2 rings (SSSR count). The van der Waals surface area contributed by atoms with E-state index >= 15 is 0 Å². The van der Waals surface area contributed by atoms with Gasteiger partial charge in [-0.25, -0.2) is 4.79 Å². The van der Waals surface area contributed by atoms with Gasteiger partial charge in [0.1, 0.15) is 5.76 Å². The van der Waals surface area contributed by atoms with Crippen LogP contribution in [0.1, 0.15) is 44.9 Å². The van der Waals surface area contributed by atoms with E-state index in [1.165, 1.54) is 19.3 Å². The highest BCUT2D eigenvalue weighted by Gasteiger charge is 2.25. The van der Waals surface area contributed by atoms with E-state index < -0.39 is 0 Å². The molecule has 0 bridgehead atoms. The molecule has 0 radical (unpaired) electrons. The second-order valence-corrected chi connectivity index (χ2v) is 4.83. The first-order chi connectivity index (χ1) is 8.16. The molecule has 1 aromatic heterocycles. The summed E-state index contributed by atoms with van der Waals surface area (Å²) in [5.74, 6) is 1.43. The Morgan fingerprint density at radius 2 is 2.18 bits per heavy atom. The minimum absolute atomic E-state index is 0.0985. The number of furan rings is 1. The van der Waals surface area contributed by atoms with Crippen molar-refractivity contribution in [2.45, 2.75) is 45.2 Å². The molecule has 2 amide bonds. The molecule has 4 heteroatoms. The molecule has 1 aliphatic rings. The van der Waals surface area contributed by atoms with Gasteiger partial charge in [-0.05, 0) is 44.7 Å². The van der Waals surface area contributed by atoms with Gasteiger partial charge in [0.05, 0.1) is 12.3 Å². The van der Waals surface area contributed by atoms with Crippen LogP contribution in [0.15, 0.2) is 22.8 Å². The van der Waals surface area contributed by atoms with E-state index in [-0.39, 0.29) is 18.1 Å². The Morgan fingerprint density at radius 3 is 2.71 bits per heavy atom. The summed E-state index contributed by atoms with van der Waals surface area (Å²) < 4.78 is 5.24. The van der Waals surface area contributed by atoms with Crippen molar-refractivity contribution >= 4 is 6.03 Å². The number of amides is 2. The smallest absolute Gasteiger partial charge is 0.315 e. The molecule has 17 heavy (non-hydrogen) atoms. The molecule has 1 aliphatic carbocycles. The maximum absolute atomic E-state index is 11.7. The zero-order valence-electron chi connectivity index (χ0n) is 10.4. The lowest BCUT2D eigenvalue weighted by atomic mass is 9.80. The van der Waals surface area contributed by atoms with Crippen LogP contribution in [0, 0.1) is 5.92 Å². The van der Waals surface area contributed by atoms with Gasteiger partial charge in [0.15, 0.2) is 0 Å². The Kier molecular flexibility index (Phi) is 3.71. The molecular formula is C13H20N2O2.